The number of aromatic nitrogens is 2. The van der Waals surface area contributed by atoms with E-state index in [9.17, 15) is 0 Å². The van der Waals surface area contributed by atoms with E-state index in [2.05, 4.69) is 149 Å². The van der Waals surface area contributed by atoms with Gasteiger partial charge in [0.2, 0.25) is 0 Å². The summed E-state index contributed by atoms with van der Waals surface area (Å²) in [6, 6.07) is 40.7. The molecule has 0 unspecified atom stereocenters. The van der Waals surface area contributed by atoms with E-state index in [0.29, 0.717) is 17.8 Å². The third-order valence-corrected chi connectivity index (χ3v) is 10.2. The molecule has 0 aliphatic carbocycles. The zero-order chi connectivity index (χ0) is 35.4. The zero-order valence-electron chi connectivity index (χ0n) is 30.5. The molecule has 0 saturated carbocycles. The Kier molecular flexibility index (Phi) is 8.34. The van der Waals surface area contributed by atoms with Gasteiger partial charge in [0, 0.05) is 23.0 Å². The number of anilines is 1. The number of para-hydroxylation sites is 3. The highest BCUT2D eigenvalue weighted by Crippen LogP contribution is 2.42. The molecule has 0 N–H and O–H groups in total. The summed E-state index contributed by atoms with van der Waals surface area (Å²) in [5.41, 5.74) is 10.8. The van der Waals surface area contributed by atoms with Crippen molar-refractivity contribution in [3.63, 3.8) is 0 Å². The van der Waals surface area contributed by atoms with Gasteiger partial charge < -0.3 is 14.2 Å². The number of fused-ring (bicyclic) bond motifs is 4. The van der Waals surface area contributed by atoms with Crippen molar-refractivity contribution < 1.29 is 9.39 Å². The van der Waals surface area contributed by atoms with Gasteiger partial charge in [0.15, 0.2) is 0 Å². The normalized spacial score (nSPS) is 12.8. The van der Waals surface area contributed by atoms with Gasteiger partial charge in [-0.05, 0) is 113 Å². The van der Waals surface area contributed by atoms with Crippen molar-refractivity contribution in [2.75, 3.05) is 11.9 Å². The van der Waals surface area contributed by atoms with Crippen molar-refractivity contribution >= 4 is 40.0 Å². The standard InChI is InChI=1S/C45H44BN3O2/c1-28(2)31-24-38(29(3)4)45(39(25-31)30(5)6)32-22-33(46-48(7)41-16-10-11-17-43(41)51-46)26-35(23-32)50-34-19-20-37-36-14-8-9-15-40(36)49(42(37)27-34)44-18-12-13-21-47-44/h8-30H,1-7H3. The average molecular weight is 670 g/mol. The maximum absolute atomic E-state index is 6.90. The molecule has 254 valence electrons. The molecule has 0 bridgehead atoms. The Hall–Kier alpha value is -5.49. The van der Waals surface area contributed by atoms with E-state index < -0.39 is 0 Å². The Balaban J connectivity index is 1.31. The molecule has 0 atom stereocenters. The summed E-state index contributed by atoms with van der Waals surface area (Å²) in [5.74, 6) is 4.42. The third-order valence-electron chi connectivity index (χ3n) is 10.2. The second-order valence-electron chi connectivity index (χ2n) is 14.7. The van der Waals surface area contributed by atoms with Crippen LogP contribution in [0.25, 0.3) is 38.8 Å². The fourth-order valence-corrected chi connectivity index (χ4v) is 7.61. The number of hydrogen-bond donors (Lipinski definition) is 0. The summed E-state index contributed by atoms with van der Waals surface area (Å²) in [5, 5.41) is 2.34. The molecule has 0 spiro atoms. The van der Waals surface area contributed by atoms with E-state index in [-0.39, 0.29) is 7.05 Å². The van der Waals surface area contributed by atoms with Gasteiger partial charge in [-0.2, -0.15) is 0 Å². The lowest BCUT2D eigenvalue weighted by atomic mass is 9.70. The molecule has 0 fully saturated rings. The van der Waals surface area contributed by atoms with Gasteiger partial charge in [0.05, 0.1) is 16.7 Å². The average Bonchev–Trinajstić information content (AvgIpc) is 3.65. The summed E-state index contributed by atoms with van der Waals surface area (Å²) in [6.45, 7) is 13.8. The van der Waals surface area contributed by atoms with E-state index >= 15 is 0 Å². The number of nitrogens with zero attached hydrogens (tertiary/aromatic N) is 3. The number of ether oxygens (including phenoxy) is 1. The quantitative estimate of drug-likeness (QED) is 0.151. The number of benzene rings is 5. The Morgan fingerprint density at radius 2 is 1.35 bits per heavy atom. The topological polar surface area (TPSA) is 39.5 Å². The second kappa shape index (κ2) is 13.0. The minimum Gasteiger partial charge on any atom is -0.536 e. The first-order chi connectivity index (χ1) is 24.7. The van der Waals surface area contributed by atoms with Crippen LogP contribution in [0.5, 0.6) is 17.2 Å². The molecule has 1 aliphatic rings. The maximum atomic E-state index is 6.90. The molecule has 0 amide bonds. The Labute approximate surface area is 301 Å². The first-order valence-electron chi connectivity index (χ1n) is 18.1. The molecule has 1 aliphatic heterocycles. The van der Waals surface area contributed by atoms with Crippen LogP contribution >= 0.6 is 0 Å². The number of rotatable bonds is 8. The van der Waals surface area contributed by atoms with Crippen LogP contribution in [-0.2, 0) is 0 Å². The molecule has 6 heteroatoms. The smallest absolute Gasteiger partial charge is 0.519 e. The summed E-state index contributed by atoms with van der Waals surface area (Å²) < 4.78 is 15.7. The molecule has 0 radical (unpaired) electrons. The van der Waals surface area contributed by atoms with E-state index in [1.165, 1.54) is 27.6 Å². The predicted molar refractivity (Wildman–Crippen MR) is 214 cm³/mol. The van der Waals surface area contributed by atoms with Crippen LogP contribution in [0.3, 0.4) is 0 Å². The number of pyridine rings is 1. The molecule has 51 heavy (non-hydrogen) atoms. The molecule has 8 rings (SSSR count). The lowest BCUT2D eigenvalue weighted by Gasteiger charge is -2.25. The van der Waals surface area contributed by atoms with Crippen molar-refractivity contribution in [1.29, 1.82) is 0 Å². The van der Waals surface area contributed by atoms with Gasteiger partial charge in [-0.3, -0.25) is 4.57 Å². The van der Waals surface area contributed by atoms with Crippen LogP contribution in [0.15, 0.2) is 121 Å². The molecular weight excluding hydrogens is 625 g/mol. The van der Waals surface area contributed by atoms with Crippen LogP contribution in [0.2, 0.25) is 0 Å². The van der Waals surface area contributed by atoms with Gasteiger partial charge in [-0.1, -0.05) is 96.1 Å². The summed E-state index contributed by atoms with van der Waals surface area (Å²) in [7, 11) is 1.81. The van der Waals surface area contributed by atoms with Gasteiger partial charge in [-0.25, -0.2) is 4.98 Å². The van der Waals surface area contributed by atoms with Gasteiger partial charge in [0.1, 0.15) is 23.1 Å². The van der Waals surface area contributed by atoms with Crippen LogP contribution in [0.4, 0.5) is 5.69 Å². The molecule has 3 heterocycles. The van der Waals surface area contributed by atoms with E-state index in [0.717, 1.165) is 56.2 Å². The molecular formula is C45H44BN3O2. The highest BCUT2D eigenvalue weighted by molar-refractivity contribution is 6.73. The largest absolute Gasteiger partial charge is 0.536 e. The fourth-order valence-electron chi connectivity index (χ4n) is 7.61. The van der Waals surface area contributed by atoms with E-state index in [1.54, 1.807) is 0 Å². The first kappa shape index (κ1) is 32.7. The summed E-state index contributed by atoms with van der Waals surface area (Å²) in [4.78, 5) is 6.94. The van der Waals surface area contributed by atoms with Crippen molar-refractivity contribution in [2.24, 2.45) is 0 Å². The van der Waals surface area contributed by atoms with E-state index in [1.807, 2.05) is 30.5 Å². The van der Waals surface area contributed by atoms with Crippen molar-refractivity contribution in [2.45, 2.75) is 59.3 Å². The molecule has 0 saturated heterocycles. The van der Waals surface area contributed by atoms with Gasteiger partial charge in [-0.15, -0.1) is 0 Å². The lowest BCUT2D eigenvalue weighted by Crippen LogP contribution is -2.47. The molecule has 2 aromatic heterocycles. The lowest BCUT2D eigenvalue weighted by molar-refractivity contribution is 0.483. The molecule has 5 nitrogen and oxygen atoms in total. The third kappa shape index (κ3) is 5.83. The molecule has 5 aromatic carbocycles. The predicted octanol–water partition coefficient (Wildman–Crippen LogP) is 11.2. The second-order valence-corrected chi connectivity index (χ2v) is 14.7. The highest BCUT2D eigenvalue weighted by atomic mass is 16.5. The highest BCUT2D eigenvalue weighted by Gasteiger charge is 2.37. The van der Waals surface area contributed by atoms with E-state index in [4.69, 9.17) is 14.4 Å². The SMILES string of the molecule is CC(C)c1cc(C(C)C)c(-c2cc(Oc3ccc4c5ccccc5n(-c5ccccn5)c4c3)cc(B3Oc4ccccc4N3C)c2)c(C(C)C)c1. The van der Waals surface area contributed by atoms with Crippen LogP contribution < -0.4 is 19.7 Å². The van der Waals surface area contributed by atoms with Crippen molar-refractivity contribution in [3.8, 4) is 34.2 Å². The van der Waals surface area contributed by atoms with Crippen LogP contribution in [-0.4, -0.2) is 23.6 Å². The Bertz CT molecular complexity index is 2370. The first-order valence-corrected chi connectivity index (χ1v) is 18.1. The van der Waals surface area contributed by atoms with Crippen molar-refractivity contribution in [1.82, 2.24) is 9.55 Å². The Morgan fingerprint density at radius 1 is 0.647 bits per heavy atom. The zero-order valence-corrected chi connectivity index (χ0v) is 30.5. The molecule has 7 aromatic rings. The maximum Gasteiger partial charge on any atom is 0.519 e. The van der Waals surface area contributed by atoms with Gasteiger partial charge in [0.25, 0.3) is 0 Å². The van der Waals surface area contributed by atoms with Gasteiger partial charge >= 0.3 is 7.05 Å². The van der Waals surface area contributed by atoms with Crippen molar-refractivity contribution in [3.05, 3.63) is 138 Å². The minimum absolute atomic E-state index is 0.293. The fraction of sp³-hybridized carbons (Fsp3) is 0.222. The van der Waals surface area contributed by atoms with Crippen LogP contribution in [0, 0.1) is 0 Å². The monoisotopic (exact) mass is 669 g/mol. The summed E-state index contributed by atoms with van der Waals surface area (Å²) >= 11 is 0. The Morgan fingerprint density at radius 3 is 2.06 bits per heavy atom. The number of hydrogen-bond acceptors (Lipinski definition) is 4. The summed E-state index contributed by atoms with van der Waals surface area (Å²) in [6.07, 6.45) is 1.84. The minimum atomic E-state index is -0.293. The van der Waals surface area contributed by atoms with Crippen LogP contribution in [0.1, 0.15) is 76.0 Å².